The molecule has 26 heavy (non-hydrogen) atoms. The summed E-state index contributed by atoms with van der Waals surface area (Å²) >= 11 is 0. The molecule has 0 amide bonds. The maximum absolute atomic E-state index is 11.9. The van der Waals surface area contributed by atoms with Gasteiger partial charge in [-0.2, -0.15) is 0 Å². The van der Waals surface area contributed by atoms with Gasteiger partial charge in [-0.3, -0.25) is 14.4 Å². The molecule has 1 aromatic rings. The summed E-state index contributed by atoms with van der Waals surface area (Å²) in [5.41, 5.74) is 0.346. The normalized spacial score (nSPS) is 11.4. The summed E-state index contributed by atoms with van der Waals surface area (Å²) in [6.45, 7) is 0. The van der Waals surface area contributed by atoms with E-state index < -0.39 is 12.1 Å². The number of benzene rings is 1. The van der Waals surface area contributed by atoms with Crippen LogP contribution in [0.25, 0.3) is 0 Å². The number of Topliss-reactive ketones (excluding diaryl/α,β-unsaturated/α-hetero) is 1. The lowest BCUT2D eigenvalue weighted by molar-refractivity contribution is -0.140. The summed E-state index contributed by atoms with van der Waals surface area (Å²) in [6, 6.07) is 8.34. The van der Waals surface area contributed by atoms with Gasteiger partial charge in [-0.05, 0) is 25.0 Å². The van der Waals surface area contributed by atoms with Gasteiger partial charge in [-0.1, -0.05) is 37.5 Å². The fourth-order valence-electron chi connectivity index (χ4n) is 2.45. The molecule has 0 radical (unpaired) electrons. The van der Waals surface area contributed by atoms with Gasteiger partial charge in [-0.25, -0.2) is 4.79 Å². The third-order valence-corrected chi connectivity index (χ3v) is 3.91. The number of methoxy groups -OCH3 is 1. The number of aldehydes is 1. The highest BCUT2D eigenvalue weighted by Crippen LogP contribution is 2.11. The van der Waals surface area contributed by atoms with Gasteiger partial charge < -0.3 is 9.47 Å². The average Bonchev–Trinajstić information content (AvgIpc) is 2.66. The first-order valence-corrected chi connectivity index (χ1v) is 8.86. The molecule has 142 valence electrons. The molecule has 6 heteroatoms. The van der Waals surface area contributed by atoms with Crippen LogP contribution in [-0.2, 0) is 23.9 Å². The zero-order valence-corrected chi connectivity index (χ0v) is 15.1. The summed E-state index contributed by atoms with van der Waals surface area (Å²) in [7, 11) is 1.37. The number of rotatable bonds is 13. The summed E-state index contributed by atoms with van der Waals surface area (Å²) in [6.07, 6.45) is 4.35. The lowest BCUT2D eigenvalue weighted by Crippen LogP contribution is -2.23. The van der Waals surface area contributed by atoms with Crippen molar-refractivity contribution in [2.45, 2.75) is 57.5 Å². The van der Waals surface area contributed by atoms with E-state index in [-0.39, 0.29) is 18.2 Å². The Labute approximate surface area is 153 Å². The van der Waals surface area contributed by atoms with Crippen molar-refractivity contribution >= 4 is 24.0 Å². The van der Waals surface area contributed by atoms with Gasteiger partial charge in [0.2, 0.25) is 0 Å². The minimum atomic E-state index is -1.05. The van der Waals surface area contributed by atoms with Crippen LogP contribution in [0.15, 0.2) is 30.3 Å². The Bertz CT molecular complexity index is 581. The fraction of sp³-hybridized carbons (Fsp3) is 0.500. The molecule has 1 atom stereocenters. The molecule has 0 heterocycles. The van der Waals surface area contributed by atoms with Gasteiger partial charge in [0.25, 0.3) is 0 Å². The van der Waals surface area contributed by atoms with Crippen LogP contribution >= 0.6 is 0 Å². The topological polar surface area (TPSA) is 86.7 Å². The van der Waals surface area contributed by atoms with Crippen molar-refractivity contribution in [3.05, 3.63) is 35.9 Å². The smallest absolute Gasteiger partial charge is 0.338 e. The van der Waals surface area contributed by atoms with Gasteiger partial charge in [-0.15, -0.1) is 0 Å². The number of hydrogen-bond acceptors (Lipinski definition) is 6. The number of carbonyl (C=O) groups is 4. The SMILES string of the molecule is COC(=O)CCCCCCCC(=O)CC(C=O)OC(=O)c1ccccc1. The molecular formula is C20H26O6. The molecular weight excluding hydrogens is 336 g/mol. The summed E-state index contributed by atoms with van der Waals surface area (Å²) in [5, 5.41) is 0. The van der Waals surface area contributed by atoms with E-state index in [0.717, 1.165) is 32.1 Å². The second kappa shape index (κ2) is 12.8. The highest BCUT2D eigenvalue weighted by atomic mass is 16.5. The predicted octanol–water partition coefficient (Wildman–Crippen LogP) is 3.27. The number of ketones is 1. The van der Waals surface area contributed by atoms with Crippen LogP contribution in [0, 0.1) is 0 Å². The van der Waals surface area contributed by atoms with Crippen molar-refractivity contribution in [3.63, 3.8) is 0 Å². The van der Waals surface area contributed by atoms with Crippen LogP contribution in [0.3, 0.4) is 0 Å². The first kappa shape index (κ1) is 21.5. The highest BCUT2D eigenvalue weighted by molar-refractivity contribution is 5.91. The molecule has 1 aromatic carbocycles. The molecule has 0 spiro atoms. The molecule has 0 aromatic heterocycles. The maximum atomic E-state index is 11.9. The van der Waals surface area contributed by atoms with Crippen molar-refractivity contribution in [1.82, 2.24) is 0 Å². The lowest BCUT2D eigenvalue weighted by atomic mass is 10.0. The van der Waals surface area contributed by atoms with Crippen molar-refractivity contribution in [3.8, 4) is 0 Å². The number of unbranched alkanes of at least 4 members (excludes halogenated alkanes) is 4. The molecule has 0 aliphatic heterocycles. The third kappa shape index (κ3) is 9.11. The van der Waals surface area contributed by atoms with Gasteiger partial charge in [0.05, 0.1) is 19.1 Å². The lowest BCUT2D eigenvalue weighted by Gasteiger charge is -2.11. The van der Waals surface area contributed by atoms with E-state index in [1.54, 1.807) is 30.3 Å². The van der Waals surface area contributed by atoms with Crippen molar-refractivity contribution in [2.24, 2.45) is 0 Å². The molecule has 0 bridgehead atoms. The largest absolute Gasteiger partial charge is 0.469 e. The quantitative estimate of drug-likeness (QED) is 0.304. The molecule has 0 aliphatic rings. The molecule has 1 rings (SSSR count). The average molecular weight is 362 g/mol. The maximum Gasteiger partial charge on any atom is 0.338 e. The molecule has 0 saturated carbocycles. The van der Waals surface area contributed by atoms with Gasteiger partial charge >= 0.3 is 11.9 Å². The standard InChI is InChI=1S/C20H26O6/c1-25-19(23)13-9-4-2-3-8-12-17(22)14-18(15-21)26-20(24)16-10-6-5-7-11-16/h5-7,10-11,15,18H,2-4,8-9,12-14H2,1H3. The van der Waals surface area contributed by atoms with E-state index in [1.807, 2.05) is 0 Å². The van der Waals surface area contributed by atoms with Crippen molar-refractivity contribution in [2.75, 3.05) is 7.11 Å². The fourth-order valence-corrected chi connectivity index (χ4v) is 2.45. The van der Waals surface area contributed by atoms with E-state index in [2.05, 4.69) is 4.74 Å². The van der Waals surface area contributed by atoms with Crippen LogP contribution in [0.1, 0.15) is 61.7 Å². The minimum Gasteiger partial charge on any atom is -0.469 e. The van der Waals surface area contributed by atoms with E-state index in [0.29, 0.717) is 24.7 Å². The van der Waals surface area contributed by atoms with E-state index >= 15 is 0 Å². The second-order valence-electron chi connectivity index (χ2n) is 6.03. The Balaban J connectivity index is 2.19. The highest BCUT2D eigenvalue weighted by Gasteiger charge is 2.18. The molecule has 1 unspecified atom stereocenters. The number of hydrogen-bond donors (Lipinski definition) is 0. The van der Waals surface area contributed by atoms with Crippen LogP contribution in [-0.4, -0.2) is 37.2 Å². The first-order chi connectivity index (χ1) is 12.6. The summed E-state index contributed by atoms with van der Waals surface area (Å²) in [4.78, 5) is 45.9. The molecule has 0 fully saturated rings. The van der Waals surface area contributed by atoms with Crippen molar-refractivity contribution < 1.29 is 28.7 Å². The van der Waals surface area contributed by atoms with Crippen LogP contribution < -0.4 is 0 Å². The molecule has 0 aliphatic carbocycles. The Morgan fingerprint density at radius 2 is 1.58 bits per heavy atom. The summed E-state index contributed by atoms with van der Waals surface area (Å²) < 4.78 is 9.64. The van der Waals surface area contributed by atoms with E-state index in [4.69, 9.17) is 4.74 Å². The van der Waals surface area contributed by atoms with Crippen molar-refractivity contribution in [1.29, 1.82) is 0 Å². The first-order valence-electron chi connectivity index (χ1n) is 8.86. The third-order valence-electron chi connectivity index (χ3n) is 3.91. The predicted molar refractivity (Wildman–Crippen MR) is 95.7 cm³/mol. The van der Waals surface area contributed by atoms with Crippen LogP contribution in [0.2, 0.25) is 0 Å². The summed E-state index contributed by atoms with van der Waals surface area (Å²) in [5.74, 6) is -0.913. The monoisotopic (exact) mass is 362 g/mol. The Kier molecular flexibility index (Phi) is 10.6. The molecule has 6 nitrogen and oxygen atoms in total. The van der Waals surface area contributed by atoms with E-state index in [1.165, 1.54) is 7.11 Å². The van der Waals surface area contributed by atoms with Gasteiger partial charge in [0, 0.05) is 12.8 Å². The second-order valence-corrected chi connectivity index (χ2v) is 6.03. The minimum absolute atomic E-state index is 0.0928. The van der Waals surface area contributed by atoms with Gasteiger partial charge in [0.1, 0.15) is 5.78 Å². The molecule has 0 N–H and O–H groups in total. The number of esters is 2. The zero-order chi connectivity index (χ0) is 19.2. The molecule has 0 saturated heterocycles. The number of carbonyl (C=O) groups excluding carboxylic acids is 4. The van der Waals surface area contributed by atoms with E-state index in [9.17, 15) is 19.2 Å². The Hall–Kier alpha value is -2.50. The Morgan fingerprint density at radius 3 is 2.19 bits per heavy atom. The van der Waals surface area contributed by atoms with Gasteiger partial charge in [0.15, 0.2) is 12.4 Å². The zero-order valence-electron chi connectivity index (χ0n) is 15.1. The Morgan fingerprint density at radius 1 is 0.962 bits per heavy atom. The number of ether oxygens (including phenoxy) is 2. The van der Waals surface area contributed by atoms with Crippen LogP contribution in [0.4, 0.5) is 0 Å². The van der Waals surface area contributed by atoms with Crippen LogP contribution in [0.5, 0.6) is 0 Å².